The summed E-state index contributed by atoms with van der Waals surface area (Å²) in [5, 5.41) is 7.58. The van der Waals surface area contributed by atoms with Crippen LogP contribution < -0.4 is 10.6 Å². The number of rotatable bonds is 10. The second kappa shape index (κ2) is 10.7. The van der Waals surface area contributed by atoms with Gasteiger partial charge >= 0.3 is 0 Å². The van der Waals surface area contributed by atoms with Crippen LogP contribution in [0.3, 0.4) is 0 Å². The number of nitrogens with one attached hydrogen (secondary N) is 2. The van der Waals surface area contributed by atoms with E-state index in [1.807, 2.05) is 31.2 Å². The fraction of sp³-hybridized carbons (Fsp3) is 0.458. The van der Waals surface area contributed by atoms with E-state index in [0.29, 0.717) is 18.7 Å². The van der Waals surface area contributed by atoms with Crippen LogP contribution in [0.2, 0.25) is 0 Å². The molecule has 0 saturated carbocycles. The second-order valence-corrected chi connectivity index (χ2v) is 8.97. The molecule has 0 atom stereocenters. The Morgan fingerprint density at radius 1 is 1.06 bits per heavy atom. The molecule has 2 aromatic heterocycles. The minimum atomic E-state index is -0.0171. The Hall–Kier alpha value is -2.51. The molecule has 0 aliphatic carbocycles. The Morgan fingerprint density at radius 2 is 1.77 bits per heavy atom. The highest BCUT2D eigenvalue weighted by Gasteiger charge is 2.13. The smallest absolute Gasteiger partial charge is 0.251 e. The molecule has 0 saturated heterocycles. The van der Waals surface area contributed by atoms with Crippen molar-refractivity contribution in [2.75, 3.05) is 31.5 Å². The number of hydrogen-bond donors (Lipinski definition) is 2. The fourth-order valence-electron chi connectivity index (χ4n) is 3.59. The van der Waals surface area contributed by atoms with E-state index in [2.05, 4.69) is 53.2 Å². The van der Waals surface area contributed by atoms with Crippen molar-refractivity contribution in [1.82, 2.24) is 20.2 Å². The zero-order valence-corrected chi connectivity index (χ0v) is 20.0. The zero-order chi connectivity index (χ0) is 22.4. The molecule has 1 amide bonds. The number of anilines is 1. The summed E-state index contributed by atoms with van der Waals surface area (Å²) in [6, 6.07) is 7.76. The van der Waals surface area contributed by atoms with E-state index in [1.54, 1.807) is 11.3 Å². The van der Waals surface area contributed by atoms with Gasteiger partial charge in [0.25, 0.3) is 5.91 Å². The summed E-state index contributed by atoms with van der Waals surface area (Å²) in [5.74, 6) is 1.63. The van der Waals surface area contributed by atoms with Crippen LogP contribution >= 0.6 is 11.3 Å². The van der Waals surface area contributed by atoms with Crippen LogP contribution in [0.5, 0.6) is 0 Å². The van der Waals surface area contributed by atoms with Gasteiger partial charge in [-0.2, -0.15) is 0 Å². The molecule has 0 radical (unpaired) electrons. The highest BCUT2D eigenvalue weighted by Crippen LogP contribution is 2.33. The van der Waals surface area contributed by atoms with E-state index in [1.165, 1.54) is 10.4 Å². The van der Waals surface area contributed by atoms with E-state index in [-0.39, 0.29) is 5.91 Å². The number of nitrogens with zero attached hydrogens (tertiary/aromatic N) is 3. The number of fused-ring (bicyclic) bond motifs is 1. The Balaban J connectivity index is 1.57. The monoisotopic (exact) mass is 439 g/mol. The summed E-state index contributed by atoms with van der Waals surface area (Å²) in [5.41, 5.74) is 3.03. The topological polar surface area (TPSA) is 70.2 Å². The quantitative estimate of drug-likeness (QED) is 0.449. The van der Waals surface area contributed by atoms with Crippen molar-refractivity contribution < 1.29 is 4.79 Å². The fourth-order valence-corrected chi connectivity index (χ4v) is 4.67. The summed E-state index contributed by atoms with van der Waals surface area (Å²) in [6.45, 7) is 14.9. The van der Waals surface area contributed by atoms with Crippen LogP contribution in [-0.2, 0) is 6.54 Å². The lowest BCUT2D eigenvalue weighted by Gasteiger charge is -2.17. The number of benzene rings is 1. The molecule has 0 fully saturated rings. The Labute approximate surface area is 189 Å². The van der Waals surface area contributed by atoms with Gasteiger partial charge in [0.15, 0.2) is 0 Å². The number of hydrogen-bond acceptors (Lipinski definition) is 6. The first-order chi connectivity index (χ1) is 14.9. The van der Waals surface area contributed by atoms with Gasteiger partial charge in [0.05, 0.1) is 5.39 Å². The third-order valence-corrected chi connectivity index (χ3v) is 6.75. The zero-order valence-electron chi connectivity index (χ0n) is 19.2. The molecule has 3 rings (SSSR count). The molecule has 2 N–H and O–H groups in total. The molecule has 0 aliphatic rings. The predicted molar refractivity (Wildman–Crippen MR) is 130 cm³/mol. The van der Waals surface area contributed by atoms with Gasteiger partial charge < -0.3 is 15.5 Å². The van der Waals surface area contributed by atoms with Crippen molar-refractivity contribution in [3.63, 3.8) is 0 Å². The number of aromatic nitrogens is 2. The van der Waals surface area contributed by atoms with Gasteiger partial charge in [-0.15, -0.1) is 11.3 Å². The lowest BCUT2D eigenvalue weighted by Crippen LogP contribution is -2.29. The average molecular weight is 440 g/mol. The van der Waals surface area contributed by atoms with E-state index in [4.69, 9.17) is 0 Å². The van der Waals surface area contributed by atoms with Gasteiger partial charge in [0.2, 0.25) is 0 Å². The van der Waals surface area contributed by atoms with Crippen molar-refractivity contribution in [2.45, 2.75) is 47.6 Å². The standard InChI is InChI=1S/C24H33N5OS/c1-6-29(7-2)14-8-13-25-23(30)20-11-9-19(10-12-20)15-26-22-21-16(3)17(4)31-24(21)28-18(5)27-22/h9-12H,6-8,13-15H2,1-5H3,(H,25,30)(H,26,27,28). The molecule has 1 aromatic carbocycles. The maximum absolute atomic E-state index is 12.4. The number of carbonyl (C=O) groups is 1. The van der Waals surface area contributed by atoms with Crippen LogP contribution in [0.25, 0.3) is 10.2 Å². The lowest BCUT2D eigenvalue weighted by molar-refractivity contribution is 0.0952. The van der Waals surface area contributed by atoms with E-state index >= 15 is 0 Å². The minimum absolute atomic E-state index is 0.0171. The molecule has 6 nitrogen and oxygen atoms in total. The van der Waals surface area contributed by atoms with Gasteiger partial charge in [0.1, 0.15) is 16.5 Å². The molecule has 0 unspecified atom stereocenters. The van der Waals surface area contributed by atoms with Crippen molar-refractivity contribution in [2.24, 2.45) is 0 Å². The van der Waals surface area contributed by atoms with E-state index < -0.39 is 0 Å². The first-order valence-electron chi connectivity index (χ1n) is 11.0. The molecular weight excluding hydrogens is 406 g/mol. The normalized spacial score (nSPS) is 11.3. The SMILES string of the molecule is CCN(CC)CCCNC(=O)c1ccc(CNc2nc(C)nc3sc(C)c(C)c23)cc1. The Morgan fingerprint density at radius 3 is 2.45 bits per heavy atom. The molecule has 2 heterocycles. The van der Waals surface area contributed by atoms with Crippen molar-refractivity contribution >= 4 is 33.3 Å². The van der Waals surface area contributed by atoms with Crippen LogP contribution in [0.1, 0.15) is 52.5 Å². The van der Waals surface area contributed by atoms with Crippen molar-refractivity contribution in [3.05, 3.63) is 51.7 Å². The third kappa shape index (κ3) is 5.80. The van der Waals surface area contributed by atoms with E-state index in [0.717, 1.165) is 53.5 Å². The maximum Gasteiger partial charge on any atom is 0.251 e. The van der Waals surface area contributed by atoms with Crippen LogP contribution in [0.4, 0.5) is 5.82 Å². The molecule has 0 spiro atoms. The largest absolute Gasteiger partial charge is 0.365 e. The van der Waals surface area contributed by atoms with Crippen LogP contribution in [0, 0.1) is 20.8 Å². The van der Waals surface area contributed by atoms with Crippen LogP contribution in [0.15, 0.2) is 24.3 Å². The first-order valence-corrected chi connectivity index (χ1v) is 11.8. The van der Waals surface area contributed by atoms with Gasteiger partial charge in [-0.25, -0.2) is 9.97 Å². The Kier molecular flexibility index (Phi) is 7.98. The van der Waals surface area contributed by atoms with Crippen molar-refractivity contribution in [1.29, 1.82) is 0 Å². The average Bonchev–Trinajstić information content (AvgIpc) is 3.05. The first kappa shape index (κ1) is 23.2. The number of amides is 1. The number of aryl methyl sites for hydroxylation is 3. The highest BCUT2D eigenvalue weighted by molar-refractivity contribution is 7.18. The summed E-state index contributed by atoms with van der Waals surface area (Å²) < 4.78 is 0. The molecule has 31 heavy (non-hydrogen) atoms. The molecule has 3 aromatic rings. The lowest BCUT2D eigenvalue weighted by atomic mass is 10.1. The van der Waals surface area contributed by atoms with Gasteiger partial charge in [-0.1, -0.05) is 26.0 Å². The van der Waals surface area contributed by atoms with Gasteiger partial charge in [-0.05, 0) is 70.1 Å². The van der Waals surface area contributed by atoms with Gasteiger partial charge in [-0.3, -0.25) is 4.79 Å². The van der Waals surface area contributed by atoms with E-state index in [9.17, 15) is 4.79 Å². The molecule has 0 bridgehead atoms. The molecule has 7 heteroatoms. The minimum Gasteiger partial charge on any atom is -0.365 e. The summed E-state index contributed by atoms with van der Waals surface area (Å²) in [7, 11) is 0. The predicted octanol–water partition coefficient (Wildman–Crippen LogP) is 4.69. The summed E-state index contributed by atoms with van der Waals surface area (Å²) in [4.78, 5) is 26.2. The number of carbonyl (C=O) groups excluding carboxylic acids is 1. The second-order valence-electron chi connectivity index (χ2n) is 7.77. The molecule has 0 aliphatic heterocycles. The maximum atomic E-state index is 12.4. The van der Waals surface area contributed by atoms with Crippen LogP contribution in [-0.4, -0.2) is 47.0 Å². The summed E-state index contributed by atoms with van der Waals surface area (Å²) in [6.07, 6.45) is 0.962. The number of thiophene rings is 1. The molecular formula is C24H33N5OS. The summed E-state index contributed by atoms with van der Waals surface area (Å²) >= 11 is 1.71. The highest BCUT2D eigenvalue weighted by atomic mass is 32.1. The Bertz CT molecular complexity index is 1020. The molecule has 166 valence electrons. The van der Waals surface area contributed by atoms with Crippen molar-refractivity contribution in [3.8, 4) is 0 Å². The third-order valence-electron chi connectivity index (χ3n) is 5.65. The van der Waals surface area contributed by atoms with Gasteiger partial charge in [0, 0.05) is 23.5 Å².